The number of rotatable bonds is 3. The predicted molar refractivity (Wildman–Crippen MR) is 61.5 cm³/mol. The zero-order chi connectivity index (χ0) is 12.4. The van der Waals surface area contributed by atoms with Gasteiger partial charge in [0.2, 0.25) is 5.91 Å². The summed E-state index contributed by atoms with van der Waals surface area (Å²) >= 11 is 0. The first kappa shape index (κ1) is 14.2. The van der Waals surface area contributed by atoms with E-state index in [0.717, 1.165) is 0 Å². The van der Waals surface area contributed by atoms with Crippen LogP contribution in [0.4, 0.5) is 0 Å². The molecular formula is C10H14BNO4. The van der Waals surface area contributed by atoms with E-state index in [1.165, 1.54) is 6.08 Å². The lowest BCUT2D eigenvalue weighted by Crippen LogP contribution is -2.20. The van der Waals surface area contributed by atoms with Crippen molar-refractivity contribution in [3.05, 3.63) is 43.0 Å². The number of benzene rings is 1. The topological polar surface area (TPSA) is 78.8 Å². The summed E-state index contributed by atoms with van der Waals surface area (Å²) in [4.78, 5) is 9.95. The van der Waals surface area contributed by atoms with E-state index in [0.29, 0.717) is 5.75 Å². The van der Waals surface area contributed by atoms with Crippen LogP contribution in [0.2, 0.25) is 0 Å². The molecule has 0 heterocycles. The summed E-state index contributed by atoms with van der Waals surface area (Å²) in [6.45, 7) is 3.22. The minimum absolute atomic E-state index is 0.144. The molecule has 0 radical (unpaired) electrons. The van der Waals surface area contributed by atoms with E-state index in [1.807, 2.05) is 6.07 Å². The zero-order valence-corrected chi connectivity index (χ0v) is 8.96. The van der Waals surface area contributed by atoms with Gasteiger partial charge in [-0.3, -0.25) is 4.79 Å². The zero-order valence-electron chi connectivity index (χ0n) is 8.96. The van der Waals surface area contributed by atoms with Gasteiger partial charge in [-0.2, -0.15) is 0 Å². The van der Waals surface area contributed by atoms with Crippen LogP contribution in [0.15, 0.2) is 43.0 Å². The van der Waals surface area contributed by atoms with Crippen LogP contribution in [-0.2, 0) is 4.79 Å². The molecule has 1 rings (SSSR count). The van der Waals surface area contributed by atoms with Crippen molar-refractivity contribution in [1.82, 2.24) is 5.32 Å². The van der Waals surface area contributed by atoms with E-state index >= 15 is 0 Å². The number of nitrogens with one attached hydrogen (secondary N) is 1. The maximum Gasteiger partial charge on any atom is 0.707 e. The average molecular weight is 223 g/mol. The molecule has 86 valence electrons. The molecule has 0 aromatic heterocycles. The van der Waals surface area contributed by atoms with Crippen LogP contribution in [0.1, 0.15) is 0 Å². The highest BCUT2D eigenvalue weighted by atomic mass is 16.6. The highest BCUT2D eigenvalue weighted by Crippen LogP contribution is 2.07. The molecule has 1 aromatic carbocycles. The van der Waals surface area contributed by atoms with Crippen LogP contribution in [0.5, 0.6) is 5.75 Å². The van der Waals surface area contributed by atoms with E-state index in [2.05, 4.69) is 16.6 Å². The first-order valence-corrected chi connectivity index (χ1v) is 4.52. The number of carbonyl (C=O) groups excluding carboxylic acids is 1. The van der Waals surface area contributed by atoms with Gasteiger partial charge in [-0.25, -0.2) is 0 Å². The molecule has 0 aliphatic rings. The van der Waals surface area contributed by atoms with E-state index < -0.39 is 7.32 Å². The smallest absolute Gasteiger partial charge is 0.512 e. The Bertz CT molecular complexity index is 316. The van der Waals surface area contributed by atoms with Crippen LogP contribution in [0.25, 0.3) is 0 Å². The lowest BCUT2D eigenvalue weighted by molar-refractivity contribution is -0.116. The average Bonchev–Trinajstić information content (AvgIpc) is 2.29. The lowest BCUT2D eigenvalue weighted by Gasteiger charge is -2.01. The molecule has 1 aromatic rings. The molecule has 0 saturated carbocycles. The van der Waals surface area contributed by atoms with E-state index in [-0.39, 0.29) is 5.91 Å². The Morgan fingerprint density at radius 3 is 2.31 bits per heavy atom. The van der Waals surface area contributed by atoms with Crippen molar-refractivity contribution in [1.29, 1.82) is 0 Å². The fourth-order valence-electron chi connectivity index (χ4n) is 0.723. The van der Waals surface area contributed by atoms with Gasteiger partial charge in [-0.1, -0.05) is 24.8 Å². The molecule has 5 nitrogen and oxygen atoms in total. The maximum absolute atomic E-state index is 9.95. The number of likely N-dealkylation sites (N-methyl/N-ethyl adjacent to an activating group) is 1. The number of para-hydroxylation sites is 1. The molecule has 0 saturated heterocycles. The molecule has 3 N–H and O–H groups in total. The van der Waals surface area contributed by atoms with Crippen LogP contribution >= 0.6 is 0 Å². The molecule has 0 aliphatic carbocycles. The summed E-state index contributed by atoms with van der Waals surface area (Å²) in [5.74, 6) is 0.299. The van der Waals surface area contributed by atoms with Gasteiger partial charge in [0.25, 0.3) is 0 Å². The third kappa shape index (κ3) is 7.60. The Morgan fingerprint density at radius 2 is 2.00 bits per heavy atom. The quantitative estimate of drug-likeness (QED) is 0.496. The molecule has 6 heteroatoms. The van der Waals surface area contributed by atoms with E-state index in [4.69, 9.17) is 10.0 Å². The van der Waals surface area contributed by atoms with Crippen molar-refractivity contribution >= 4 is 13.2 Å². The van der Waals surface area contributed by atoms with Crippen molar-refractivity contribution < 1.29 is 19.5 Å². The molecule has 0 aliphatic heterocycles. The Labute approximate surface area is 94.5 Å². The van der Waals surface area contributed by atoms with Crippen LogP contribution in [-0.4, -0.2) is 30.3 Å². The minimum Gasteiger partial charge on any atom is -0.512 e. The van der Waals surface area contributed by atoms with Gasteiger partial charge in [-0.15, -0.1) is 0 Å². The second kappa shape index (κ2) is 8.52. The maximum atomic E-state index is 9.95. The molecule has 0 atom stereocenters. The first-order valence-electron chi connectivity index (χ1n) is 4.52. The molecular weight excluding hydrogens is 209 g/mol. The third-order valence-electron chi connectivity index (χ3n) is 1.42. The van der Waals surface area contributed by atoms with Crippen molar-refractivity contribution in [3.63, 3.8) is 0 Å². The van der Waals surface area contributed by atoms with Crippen LogP contribution in [0.3, 0.4) is 0 Å². The summed E-state index contributed by atoms with van der Waals surface area (Å²) in [5, 5.41) is 19.0. The summed E-state index contributed by atoms with van der Waals surface area (Å²) in [7, 11) is -0.174. The molecule has 0 fully saturated rings. The van der Waals surface area contributed by atoms with Crippen molar-refractivity contribution in [2.24, 2.45) is 0 Å². The number of hydrogen-bond acceptors (Lipinski definition) is 4. The van der Waals surface area contributed by atoms with Crippen LogP contribution < -0.4 is 9.97 Å². The van der Waals surface area contributed by atoms with Crippen LogP contribution in [0, 0.1) is 0 Å². The second-order valence-corrected chi connectivity index (χ2v) is 2.58. The van der Waals surface area contributed by atoms with Gasteiger partial charge in [0.05, 0.1) is 0 Å². The highest BCUT2D eigenvalue weighted by Gasteiger charge is 2.09. The Balaban J connectivity index is 0.000000325. The molecule has 0 spiro atoms. The largest absolute Gasteiger partial charge is 0.707 e. The summed E-state index contributed by atoms with van der Waals surface area (Å²) < 4.78 is 4.53. The summed E-state index contributed by atoms with van der Waals surface area (Å²) in [6, 6.07) is 8.59. The Hall–Kier alpha value is -1.79. The van der Waals surface area contributed by atoms with Gasteiger partial charge in [-0.05, 0) is 18.2 Å². The monoisotopic (exact) mass is 223 g/mol. The normalized spacial score (nSPS) is 8.19. The van der Waals surface area contributed by atoms with Crippen molar-refractivity contribution in [2.45, 2.75) is 0 Å². The second-order valence-electron chi connectivity index (χ2n) is 2.58. The lowest BCUT2D eigenvalue weighted by atomic mass is 10.2. The first-order chi connectivity index (χ1) is 7.60. The van der Waals surface area contributed by atoms with Gasteiger partial charge in [0.1, 0.15) is 5.75 Å². The molecule has 1 amide bonds. The standard InChI is InChI=1S/C6H7BO3.C4H7NO/c8-7(9)10-6-4-2-1-3-5-6;1-3-4(6)5-2/h1-5,8-9H;3H,1H2,2H3,(H,5,6). The Kier molecular flexibility index (Phi) is 7.57. The van der Waals surface area contributed by atoms with Crippen molar-refractivity contribution in [3.8, 4) is 5.75 Å². The van der Waals surface area contributed by atoms with Gasteiger partial charge >= 0.3 is 7.32 Å². The van der Waals surface area contributed by atoms with E-state index in [1.54, 1.807) is 31.3 Å². The number of carbonyl (C=O) groups is 1. The SMILES string of the molecule is C=CC(=O)NC.OB(O)Oc1ccccc1. The fraction of sp³-hybridized carbons (Fsp3) is 0.100. The summed E-state index contributed by atoms with van der Waals surface area (Å²) in [5.41, 5.74) is 0. The number of amides is 1. The van der Waals surface area contributed by atoms with Gasteiger partial charge < -0.3 is 20.0 Å². The third-order valence-corrected chi connectivity index (χ3v) is 1.42. The number of hydrogen-bond donors (Lipinski definition) is 3. The molecule has 0 bridgehead atoms. The van der Waals surface area contributed by atoms with Gasteiger partial charge in [0.15, 0.2) is 0 Å². The molecule has 16 heavy (non-hydrogen) atoms. The Morgan fingerprint density at radius 1 is 1.44 bits per heavy atom. The highest BCUT2D eigenvalue weighted by molar-refractivity contribution is 6.33. The predicted octanol–water partition coefficient (Wildman–Crippen LogP) is -0.0467. The van der Waals surface area contributed by atoms with Crippen molar-refractivity contribution in [2.75, 3.05) is 7.05 Å². The van der Waals surface area contributed by atoms with E-state index in [9.17, 15) is 4.79 Å². The fourth-order valence-corrected chi connectivity index (χ4v) is 0.723. The minimum atomic E-state index is -1.73. The molecule has 0 unspecified atom stereocenters. The van der Waals surface area contributed by atoms with Gasteiger partial charge in [0, 0.05) is 7.05 Å². The summed E-state index contributed by atoms with van der Waals surface area (Å²) in [6.07, 6.45) is 1.22.